The van der Waals surface area contributed by atoms with E-state index < -0.39 is 17.1 Å². The van der Waals surface area contributed by atoms with Crippen LogP contribution in [0.1, 0.15) is 32.3 Å². The van der Waals surface area contributed by atoms with Crippen molar-refractivity contribution in [3.63, 3.8) is 0 Å². The molecule has 0 bridgehead atoms. The summed E-state index contributed by atoms with van der Waals surface area (Å²) in [6.07, 6.45) is 0.583. The van der Waals surface area contributed by atoms with E-state index in [1.165, 1.54) is 7.11 Å². The maximum Gasteiger partial charge on any atom is 0.335 e. The number of aromatic amines is 1. The van der Waals surface area contributed by atoms with E-state index in [1.807, 2.05) is 0 Å². The van der Waals surface area contributed by atoms with Gasteiger partial charge in [-0.3, -0.25) is 19.6 Å². The van der Waals surface area contributed by atoms with Crippen LogP contribution < -0.4 is 21.3 Å². The lowest BCUT2D eigenvalue weighted by Crippen LogP contribution is -2.33. The van der Waals surface area contributed by atoms with Gasteiger partial charge >= 0.3 is 5.69 Å². The molecule has 2 aromatic carbocycles. The highest BCUT2D eigenvalue weighted by molar-refractivity contribution is 6.04. The Kier molecular flexibility index (Phi) is 6.89. The lowest BCUT2D eigenvalue weighted by Gasteiger charge is -2.13. The number of aromatic hydroxyl groups is 1. The first-order valence-electron chi connectivity index (χ1n) is 10.1. The van der Waals surface area contributed by atoms with Crippen molar-refractivity contribution >= 4 is 23.0 Å². The summed E-state index contributed by atoms with van der Waals surface area (Å²) >= 11 is 0. The molecule has 9 heteroatoms. The molecule has 32 heavy (non-hydrogen) atoms. The van der Waals surface area contributed by atoms with Crippen LogP contribution in [0.3, 0.4) is 0 Å². The van der Waals surface area contributed by atoms with Crippen molar-refractivity contribution in [3.05, 3.63) is 74.9 Å². The zero-order valence-electron chi connectivity index (χ0n) is 18.0. The number of para-hydroxylation sites is 2. The summed E-state index contributed by atoms with van der Waals surface area (Å²) < 4.78 is 6.11. The van der Waals surface area contributed by atoms with Gasteiger partial charge < -0.3 is 15.2 Å². The maximum atomic E-state index is 12.6. The van der Waals surface area contributed by atoms with E-state index in [4.69, 9.17) is 4.74 Å². The number of carbonyl (C=O) groups excluding carboxylic acids is 1. The third-order valence-electron chi connectivity index (χ3n) is 4.79. The highest BCUT2D eigenvalue weighted by Gasteiger charge is 2.20. The standard InChI is InChI=1S/C23H24N4O5/c1-4-16(24-17-8-6-7-9-18(17)25-19(28)5-2)20-21(29)26-23(31)27(22(20)30)14-10-12-15(32-3)13-11-14/h6-13,30H,4-5H2,1-3H3,(H,25,28)(H,26,29,31). The largest absolute Gasteiger partial charge is 0.497 e. The molecule has 0 unspecified atom stereocenters. The van der Waals surface area contributed by atoms with Crippen LogP contribution in [0, 0.1) is 0 Å². The molecule has 166 valence electrons. The Balaban J connectivity index is 2.17. The summed E-state index contributed by atoms with van der Waals surface area (Å²) in [5, 5.41) is 13.7. The number of anilines is 1. The maximum absolute atomic E-state index is 12.6. The number of carbonyl (C=O) groups is 1. The summed E-state index contributed by atoms with van der Waals surface area (Å²) in [6.45, 7) is 3.51. The van der Waals surface area contributed by atoms with Crippen molar-refractivity contribution in [2.75, 3.05) is 12.4 Å². The van der Waals surface area contributed by atoms with Crippen LogP contribution in [0.2, 0.25) is 0 Å². The second-order valence-corrected chi connectivity index (χ2v) is 6.82. The lowest BCUT2D eigenvalue weighted by molar-refractivity contribution is -0.115. The second kappa shape index (κ2) is 9.78. The van der Waals surface area contributed by atoms with Crippen LogP contribution in [0.5, 0.6) is 11.6 Å². The topological polar surface area (TPSA) is 126 Å². The Morgan fingerprint density at radius 3 is 2.41 bits per heavy atom. The fraction of sp³-hybridized carbons (Fsp3) is 0.217. The number of nitrogens with one attached hydrogen (secondary N) is 2. The summed E-state index contributed by atoms with van der Waals surface area (Å²) in [4.78, 5) is 43.7. The molecule has 0 aliphatic carbocycles. The Morgan fingerprint density at radius 2 is 1.78 bits per heavy atom. The van der Waals surface area contributed by atoms with Crippen LogP contribution in [-0.4, -0.2) is 33.4 Å². The first-order chi connectivity index (χ1) is 15.4. The number of H-pyrrole nitrogens is 1. The average molecular weight is 436 g/mol. The van der Waals surface area contributed by atoms with Crippen LogP contribution in [0.15, 0.2) is 63.1 Å². The van der Waals surface area contributed by atoms with Crippen molar-refractivity contribution in [2.45, 2.75) is 26.7 Å². The molecule has 1 amide bonds. The molecule has 0 aliphatic rings. The van der Waals surface area contributed by atoms with Gasteiger partial charge in [-0.2, -0.15) is 0 Å². The Morgan fingerprint density at radius 1 is 1.09 bits per heavy atom. The molecule has 0 saturated heterocycles. The molecular formula is C23H24N4O5. The Labute approximate surface area is 184 Å². The summed E-state index contributed by atoms with van der Waals surface area (Å²) in [6, 6.07) is 13.3. The van der Waals surface area contributed by atoms with Crippen LogP contribution >= 0.6 is 0 Å². The van der Waals surface area contributed by atoms with Gasteiger partial charge in [0, 0.05) is 6.42 Å². The number of aromatic nitrogens is 2. The number of nitrogens with zero attached hydrogens (tertiary/aromatic N) is 2. The third kappa shape index (κ3) is 4.61. The number of benzene rings is 2. The molecule has 3 rings (SSSR count). The van der Waals surface area contributed by atoms with Gasteiger partial charge in [0.2, 0.25) is 11.8 Å². The number of amides is 1. The molecule has 0 saturated carbocycles. The van der Waals surface area contributed by atoms with Crippen molar-refractivity contribution in [2.24, 2.45) is 4.99 Å². The first-order valence-corrected chi connectivity index (χ1v) is 10.1. The van der Waals surface area contributed by atoms with Gasteiger partial charge in [0.1, 0.15) is 11.3 Å². The van der Waals surface area contributed by atoms with E-state index in [-0.39, 0.29) is 23.6 Å². The molecule has 1 aromatic heterocycles. The number of methoxy groups -OCH3 is 1. The van der Waals surface area contributed by atoms with Crippen molar-refractivity contribution < 1.29 is 14.6 Å². The normalized spacial score (nSPS) is 11.3. The van der Waals surface area contributed by atoms with E-state index >= 15 is 0 Å². The summed E-state index contributed by atoms with van der Waals surface area (Å²) in [7, 11) is 1.52. The van der Waals surface area contributed by atoms with Gasteiger partial charge in [0.05, 0.1) is 29.9 Å². The van der Waals surface area contributed by atoms with Crippen LogP contribution in [0.25, 0.3) is 5.69 Å². The molecular weight excluding hydrogens is 412 g/mol. The van der Waals surface area contributed by atoms with Crippen molar-refractivity contribution in [1.82, 2.24) is 9.55 Å². The lowest BCUT2D eigenvalue weighted by atomic mass is 10.1. The van der Waals surface area contributed by atoms with E-state index in [9.17, 15) is 19.5 Å². The van der Waals surface area contributed by atoms with Gasteiger partial charge in [-0.15, -0.1) is 0 Å². The number of rotatable bonds is 7. The number of aliphatic imine (C=N–C) groups is 1. The van der Waals surface area contributed by atoms with E-state index in [1.54, 1.807) is 62.4 Å². The van der Waals surface area contributed by atoms with E-state index in [0.717, 1.165) is 4.57 Å². The number of ether oxygens (including phenoxy) is 1. The number of hydrogen-bond donors (Lipinski definition) is 3. The molecule has 0 fully saturated rings. The zero-order valence-corrected chi connectivity index (χ0v) is 18.0. The molecule has 9 nitrogen and oxygen atoms in total. The van der Waals surface area contributed by atoms with Gasteiger partial charge in [0.15, 0.2) is 0 Å². The predicted molar refractivity (Wildman–Crippen MR) is 123 cm³/mol. The minimum Gasteiger partial charge on any atom is -0.497 e. The van der Waals surface area contributed by atoms with Gasteiger partial charge in [-0.05, 0) is 42.8 Å². The predicted octanol–water partition coefficient (Wildman–Crippen LogP) is 3.12. The zero-order chi connectivity index (χ0) is 23.3. The average Bonchev–Trinajstić information content (AvgIpc) is 2.79. The van der Waals surface area contributed by atoms with Gasteiger partial charge in [-0.1, -0.05) is 26.0 Å². The van der Waals surface area contributed by atoms with Crippen molar-refractivity contribution in [1.29, 1.82) is 0 Å². The summed E-state index contributed by atoms with van der Waals surface area (Å²) in [5.41, 5.74) is -0.169. The van der Waals surface area contributed by atoms with Gasteiger partial charge in [0.25, 0.3) is 5.56 Å². The highest BCUT2D eigenvalue weighted by Crippen LogP contribution is 2.27. The molecule has 0 aliphatic heterocycles. The quantitative estimate of drug-likeness (QED) is 0.491. The molecule has 0 atom stereocenters. The molecule has 3 aromatic rings. The molecule has 1 heterocycles. The van der Waals surface area contributed by atoms with Crippen molar-refractivity contribution in [3.8, 4) is 17.3 Å². The smallest absolute Gasteiger partial charge is 0.335 e. The number of hydrogen-bond acceptors (Lipinski definition) is 6. The van der Waals surface area contributed by atoms with Gasteiger partial charge in [-0.25, -0.2) is 9.36 Å². The SMILES string of the molecule is CCC(=O)Nc1ccccc1N=C(CC)c1c(O)n(-c2ccc(OC)cc2)c(=O)[nH]c1=O. The van der Waals surface area contributed by atoms with Crippen LogP contribution in [-0.2, 0) is 4.79 Å². The van der Waals surface area contributed by atoms with E-state index in [2.05, 4.69) is 15.3 Å². The fourth-order valence-corrected chi connectivity index (χ4v) is 3.13. The minimum atomic E-state index is -0.785. The fourth-order valence-electron chi connectivity index (χ4n) is 3.13. The molecule has 0 radical (unpaired) electrons. The Hall–Kier alpha value is -4.14. The Bertz CT molecular complexity index is 1270. The molecule has 0 spiro atoms. The van der Waals surface area contributed by atoms with Crippen LogP contribution in [0.4, 0.5) is 11.4 Å². The first kappa shape index (κ1) is 22.5. The van der Waals surface area contributed by atoms with E-state index in [0.29, 0.717) is 29.2 Å². The highest BCUT2D eigenvalue weighted by atomic mass is 16.5. The monoisotopic (exact) mass is 436 g/mol. The summed E-state index contributed by atoms with van der Waals surface area (Å²) in [5.74, 6) is -0.133. The second-order valence-electron chi connectivity index (χ2n) is 6.82. The minimum absolute atomic E-state index is 0.125. The molecule has 3 N–H and O–H groups in total. The third-order valence-corrected chi connectivity index (χ3v) is 4.79.